The van der Waals surface area contributed by atoms with Crippen LogP contribution in [-0.2, 0) is 4.79 Å². The smallest absolute Gasteiger partial charge is 0.226 e. The van der Waals surface area contributed by atoms with Crippen LogP contribution in [0.5, 0.6) is 0 Å². The first-order chi connectivity index (χ1) is 8.51. The molecule has 3 heteroatoms. The molecule has 18 heavy (non-hydrogen) atoms. The molecule has 3 nitrogen and oxygen atoms in total. The molecule has 1 aromatic carbocycles. The van der Waals surface area contributed by atoms with Gasteiger partial charge in [-0.25, -0.2) is 0 Å². The zero-order valence-electron chi connectivity index (χ0n) is 11.6. The third kappa shape index (κ3) is 3.84. The number of nitrogens with one attached hydrogen (secondary N) is 1. The third-order valence-corrected chi connectivity index (χ3v) is 3.30. The SMILES string of the molecule is CCC(NC(=O)C(C)(C)CCN)c1ccccc1. The van der Waals surface area contributed by atoms with E-state index in [2.05, 4.69) is 12.2 Å². The minimum atomic E-state index is -0.406. The second-order valence-electron chi connectivity index (χ2n) is 5.27. The summed E-state index contributed by atoms with van der Waals surface area (Å²) in [5.74, 6) is 0.0728. The highest BCUT2D eigenvalue weighted by Gasteiger charge is 2.28. The van der Waals surface area contributed by atoms with Crippen molar-refractivity contribution in [3.05, 3.63) is 35.9 Å². The molecule has 1 unspecified atom stereocenters. The van der Waals surface area contributed by atoms with Gasteiger partial charge in [0.15, 0.2) is 0 Å². The molecule has 0 bridgehead atoms. The first kappa shape index (κ1) is 14.7. The van der Waals surface area contributed by atoms with Gasteiger partial charge in [0.1, 0.15) is 0 Å². The predicted octanol–water partition coefficient (Wildman–Crippen LogP) is 2.63. The minimum Gasteiger partial charge on any atom is -0.349 e. The molecule has 0 aromatic heterocycles. The fraction of sp³-hybridized carbons (Fsp3) is 0.533. The average molecular weight is 248 g/mol. The van der Waals surface area contributed by atoms with Crippen molar-refractivity contribution >= 4 is 5.91 Å². The molecule has 1 rings (SSSR count). The lowest BCUT2D eigenvalue weighted by atomic mass is 9.87. The van der Waals surface area contributed by atoms with Gasteiger partial charge in [-0.1, -0.05) is 51.1 Å². The van der Waals surface area contributed by atoms with E-state index in [4.69, 9.17) is 5.73 Å². The highest BCUT2D eigenvalue weighted by atomic mass is 16.2. The first-order valence-electron chi connectivity index (χ1n) is 6.57. The lowest BCUT2D eigenvalue weighted by Crippen LogP contribution is -2.40. The summed E-state index contributed by atoms with van der Waals surface area (Å²) < 4.78 is 0. The molecular formula is C15H24N2O. The molecule has 1 aromatic rings. The van der Waals surface area contributed by atoms with Gasteiger partial charge >= 0.3 is 0 Å². The quantitative estimate of drug-likeness (QED) is 0.813. The van der Waals surface area contributed by atoms with Crippen molar-refractivity contribution in [3.8, 4) is 0 Å². The Labute approximate surface area is 110 Å². The Hall–Kier alpha value is -1.35. The number of amides is 1. The van der Waals surface area contributed by atoms with Crippen LogP contribution in [0.3, 0.4) is 0 Å². The number of benzene rings is 1. The van der Waals surface area contributed by atoms with E-state index in [0.717, 1.165) is 12.0 Å². The van der Waals surface area contributed by atoms with E-state index >= 15 is 0 Å². The van der Waals surface area contributed by atoms with Crippen LogP contribution in [0.15, 0.2) is 30.3 Å². The Morgan fingerprint density at radius 2 is 1.94 bits per heavy atom. The lowest BCUT2D eigenvalue weighted by molar-refractivity contribution is -0.130. The number of hydrogen-bond acceptors (Lipinski definition) is 2. The monoisotopic (exact) mass is 248 g/mol. The Morgan fingerprint density at radius 1 is 1.33 bits per heavy atom. The second-order valence-corrected chi connectivity index (χ2v) is 5.27. The molecule has 0 saturated carbocycles. The van der Waals surface area contributed by atoms with Gasteiger partial charge in [-0.15, -0.1) is 0 Å². The van der Waals surface area contributed by atoms with Gasteiger partial charge in [-0.2, -0.15) is 0 Å². The fourth-order valence-corrected chi connectivity index (χ4v) is 1.93. The summed E-state index contributed by atoms with van der Waals surface area (Å²) in [5.41, 5.74) is 6.29. The van der Waals surface area contributed by atoms with Gasteiger partial charge in [0.05, 0.1) is 6.04 Å². The van der Waals surface area contributed by atoms with Gasteiger partial charge < -0.3 is 11.1 Å². The van der Waals surface area contributed by atoms with E-state index in [-0.39, 0.29) is 11.9 Å². The van der Waals surface area contributed by atoms with E-state index in [1.54, 1.807) is 0 Å². The minimum absolute atomic E-state index is 0.0728. The maximum absolute atomic E-state index is 12.2. The second kappa shape index (κ2) is 6.55. The topological polar surface area (TPSA) is 55.1 Å². The van der Waals surface area contributed by atoms with Crippen molar-refractivity contribution in [3.63, 3.8) is 0 Å². The lowest BCUT2D eigenvalue weighted by Gasteiger charge is -2.26. The maximum Gasteiger partial charge on any atom is 0.226 e. The van der Waals surface area contributed by atoms with Crippen LogP contribution < -0.4 is 11.1 Å². The van der Waals surface area contributed by atoms with Gasteiger partial charge in [0.25, 0.3) is 0 Å². The zero-order valence-corrected chi connectivity index (χ0v) is 11.6. The Bertz CT molecular complexity index is 373. The molecule has 0 aliphatic heterocycles. The molecule has 0 aliphatic carbocycles. The number of nitrogens with two attached hydrogens (primary N) is 1. The van der Waals surface area contributed by atoms with Crippen molar-refractivity contribution < 1.29 is 4.79 Å². The summed E-state index contributed by atoms with van der Waals surface area (Å²) in [5, 5.41) is 3.11. The average Bonchev–Trinajstić information content (AvgIpc) is 2.36. The standard InChI is InChI=1S/C15H24N2O/c1-4-13(12-8-6-5-7-9-12)17-14(18)15(2,3)10-11-16/h5-9,13H,4,10-11,16H2,1-3H3,(H,17,18). The Balaban J connectivity index is 2.73. The summed E-state index contributed by atoms with van der Waals surface area (Å²) in [6.07, 6.45) is 1.58. The molecule has 0 radical (unpaired) electrons. The molecule has 1 amide bonds. The van der Waals surface area contributed by atoms with Crippen LogP contribution in [0.1, 0.15) is 45.2 Å². The molecule has 0 aliphatic rings. The number of hydrogen-bond donors (Lipinski definition) is 2. The van der Waals surface area contributed by atoms with Gasteiger partial charge in [-0.05, 0) is 24.9 Å². The van der Waals surface area contributed by atoms with Crippen molar-refractivity contribution in [2.75, 3.05) is 6.54 Å². The van der Waals surface area contributed by atoms with Gasteiger partial charge in [0.2, 0.25) is 5.91 Å². The summed E-state index contributed by atoms with van der Waals surface area (Å²) in [6, 6.07) is 10.1. The fourth-order valence-electron chi connectivity index (χ4n) is 1.93. The molecule has 3 N–H and O–H groups in total. The Morgan fingerprint density at radius 3 is 2.44 bits per heavy atom. The molecular weight excluding hydrogens is 224 g/mol. The van der Waals surface area contributed by atoms with E-state index in [9.17, 15) is 4.79 Å². The van der Waals surface area contributed by atoms with Crippen molar-refractivity contribution in [2.24, 2.45) is 11.1 Å². The molecule has 0 saturated heterocycles. The number of rotatable bonds is 6. The summed E-state index contributed by atoms with van der Waals surface area (Å²) in [7, 11) is 0. The van der Waals surface area contributed by atoms with Crippen LogP contribution >= 0.6 is 0 Å². The summed E-state index contributed by atoms with van der Waals surface area (Å²) in [4.78, 5) is 12.2. The van der Waals surface area contributed by atoms with Crippen LogP contribution in [-0.4, -0.2) is 12.5 Å². The third-order valence-electron chi connectivity index (χ3n) is 3.30. The number of carbonyl (C=O) groups is 1. The molecule has 0 fully saturated rings. The predicted molar refractivity (Wildman–Crippen MR) is 75.1 cm³/mol. The Kier molecular flexibility index (Phi) is 5.35. The largest absolute Gasteiger partial charge is 0.349 e. The molecule has 0 spiro atoms. The normalized spacial score (nSPS) is 13.1. The highest BCUT2D eigenvalue weighted by Crippen LogP contribution is 2.23. The van der Waals surface area contributed by atoms with Crippen LogP contribution in [0.25, 0.3) is 0 Å². The zero-order chi connectivity index (χ0) is 13.6. The van der Waals surface area contributed by atoms with Crippen LogP contribution in [0.4, 0.5) is 0 Å². The number of carbonyl (C=O) groups excluding carboxylic acids is 1. The van der Waals surface area contributed by atoms with E-state index in [1.165, 1.54) is 0 Å². The summed E-state index contributed by atoms with van der Waals surface area (Å²) >= 11 is 0. The first-order valence-corrected chi connectivity index (χ1v) is 6.57. The van der Waals surface area contributed by atoms with E-state index < -0.39 is 5.41 Å². The molecule has 0 heterocycles. The summed E-state index contributed by atoms with van der Waals surface area (Å²) in [6.45, 7) is 6.48. The molecule has 100 valence electrons. The van der Waals surface area contributed by atoms with E-state index in [1.807, 2.05) is 44.2 Å². The maximum atomic E-state index is 12.2. The van der Waals surface area contributed by atoms with Gasteiger partial charge in [-0.3, -0.25) is 4.79 Å². The van der Waals surface area contributed by atoms with Crippen molar-refractivity contribution in [1.82, 2.24) is 5.32 Å². The van der Waals surface area contributed by atoms with Crippen molar-refractivity contribution in [1.29, 1.82) is 0 Å². The van der Waals surface area contributed by atoms with Crippen molar-refractivity contribution in [2.45, 2.75) is 39.7 Å². The van der Waals surface area contributed by atoms with Gasteiger partial charge in [0, 0.05) is 5.41 Å². The van der Waals surface area contributed by atoms with Crippen LogP contribution in [0.2, 0.25) is 0 Å². The molecule has 1 atom stereocenters. The van der Waals surface area contributed by atoms with E-state index in [0.29, 0.717) is 13.0 Å². The highest BCUT2D eigenvalue weighted by molar-refractivity contribution is 5.82. The van der Waals surface area contributed by atoms with Crippen LogP contribution in [0, 0.1) is 5.41 Å².